The quantitative estimate of drug-likeness (QED) is 0.570. The average Bonchev–Trinajstić information content (AvgIpc) is 3.42. The molecule has 0 unspecified atom stereocenters. The van der Waals surface area contributed by atoms with Gasteiger partial charge >= 0.3 is 0 Å². The number of aromatic nitrogens is 2. The third kappa shape index (κ3) is 5.05. The van der Waals surface area contributed by atoms with Gasteiger partial charge in [-0.1, -0.05) is 42.1 Å². The van der Waals surface area contributed by atoms with Gasteiger partial charge in [-0.25, -0.2) is 9.37 Å². The molecule has 2 aromatic carbocycles. The summed E-state index contributed by atoms with van der Waals surface area (Å²) in [6, 6.07) is 16.0. The first-order valence-corrected chi connectivity index (χ1v) is 10.6. The van der Waals surface area contributed by atoms with E-state index in [1.807, 2.05) is 30.3 Å². The van der Waals surface area contributed by atoms with Crippen molar-refractivity contribution in [1.29, 1.82) is 0 Å². The van der Waals surface area contributed by atoms with Gasteiger partial charge in [-0.3, -0.25) is 4.79 Å². The Morgan fingerprint density at radius 1 is 1.17 bits per heavy atom. The Balaban J connectivity index is 1.50. The zero-order valence-electron chi connectivity index (χ0n) is 15.9. The van der Waals surface area contributed by atoms with E-state index in [2.05, 4.69) is 10.3 Å². The first kappa shape index (κ1) is 19.7. The van der Waals surface area contributed by atoms with Crippen LogP contribution < -0.4 is 5.32 Å². The molecular weight excluding hydrogens is 389 g/mol. The Kier molecular flexibility index (Phi) is 6.27. The lowest BCUT2D eigenvalue weighted by Gasteiger charge is -2.10. The van der Waals surface area contributed by atoms with E-state index < -0.39 is 0 Å². The van der Waals surface area contributed by atoms with Gasteiger partial charge in [-0.05, 0) is 37.1 Å². The van der Waals surface area contributed by atoms with Crippen molar-refractivity contribution in [3.8, 4) is 22.6 Å². The van der Waals surface area contributed by atoms with Crippen molar-refractivity contribution < 1.29 is 13.9 Å². The Bertz CT molecular complexity index is 954. The van der Waals surface area contributed by atoms with Crippen LogP contribution in [0.2, 0.25) is 0 Å². The number of carbonyl (C=O) groups is 1. The number of imidazole rings is 1. The zero-order chi connectivity index (χ0) is 20.1. The molecule has 1 aromatic heterocycles. The fraction of sp³-hybridized carbons (Fsp3) is 0.273. The van der Waals surface area contributed by atoms with E-state index in [9.17, 15) is 9.18 Å². The molecule has 3 aromatic rings. The summed E-state index contributed by atoms with van der Waals surface area (Å²) < 4.78 is 18.9. The van der Waals surface area contributed by atoms with Crippen molar-refractivity contribution in [2.45, 2.75) is 24.0 Å². The van der Waals surface area contributed by atoms with Crippen molar-refractivity contribution in [1.82, 2.24) is 15.3 Å². The number of hydrogen-bond donors (Lipinski definition) is 2. The summed E-state index contributed by atoms with van der Waals surface area (Å²) in [7, 11) is 0. The zero-order valence-corrected chi connectivity index (χ0v) is 16.7. The molecule has 150 valence electrons. The molecular formula is C22H22FN3O2S. The summed E-state index contributed by atoms with van der Waals surface area (Å²) in [6.07, 6.45) is 2.15. The number of amides is 1. The summed E-state index contributed by atoms with van der Waals surface area (Å²) in [5.74, 6) is 0.617. The maximum absolute atomic E-state index is 13.3. The molecule has 2 N–H and O–H groups in total. The number of nitrogens with zero attached hydrogens (tertiary/aromatic N) is 1. The smallest absolute Gasteiger partial charge is 0.230 e. The SMILES string of the molecule is O=C(CSc1nc(-c2ccccc2)[nH]c1-c1ccc(F)cc1)NC[C@@H]1CCCO1. The lowest BCUT2D eigenvalue weighted by molar-refractivity contribution is -0.119. The van der Waals surface area contributed by atoms with Crippen LogP contribution in [0.15, 0.2) is 59.6 Å². The second-order valence-electron chi connectivity index (χ2n) is 6.87. The first-order chi connectivity index (χ1) is 14.2. The number of halogens is 1. The van der Waals surface area contributed by atoms with Gasteiger partial charge < -0.3 is 15.0 Å². The highest BCUT2D eigenvalue weighted by molar-refractivity contribution is 8.00. The maximum atomic E-state index is 13.3. The average molecular weight is 412 g/mol. The number of rotatable bonds is 7. The molecule has 1 atom stereocenters. The standard InChI is InChI=1S/C22H22FN3O2S/c23-17-10-8-15(9-11-17)20-22(26-21(25-20)16-5-2-1-3-6-16)29-14-19(27)24-13-18-7-4-12-28-18/h1-3,5-6,8-11,18H,4,7,12-14H2,(H,24,27)(H,25,26)/t18-/m0/s1. The van der Waals surface area contributed by atoms with Gasteiger partial charge in [0, 0.05) is 24.3 Å². The highest BCUT2D eigenvalue weighted by Gasteiger charge is 2.18. The van der Waals surface area contributed by atoms with Crippen LogP contribution in [0.4, 0.5) is 4.39 Å². The molecule has 1 saturated heterocycles. The van der Waals surface area contributed by atoms with Gasteiger partial charge in [0.15, 0.2) is 0 Å². The number of thioether (sulfide) groups is 1. The summed E-state index contributed by atoms with van der Waals surface area (Å²) >= 11 is 1.36. The van der Waals surface area contributed by atoms with Gasteiger partial charge in [-0.2, -0.15) is 0 Å². The Hall–Kier alpha value is -2.64. The molecule has 1 aliphatic heterocycles. The van der Waals surface area contributed by atoms with Crippen LogP contribution in [0.5, 0.6) is 0 Å². The predicted molar refractivity (Wildman–Crippen MR) is 112 cm³/mol. The molecule has 0 saturated carbocycles. The van der Waals surface area contributed by atoms with Crippen LogP contribution in [0, 0.1) is 5.82 Å². The van der Waals surface area contributed by atoms with Crippen LogP contribution in [0.1, 0.15) is 12.8 Å². The lowest BCUT2D eigenvalue weighted by Crippen LogP contribution is -2.32. The summed E-state index contributed by atoms with van der Waals surface area (Å²) in [4.78, 5) is 20.3. The van der Waals surface area contributed by atoms with Gasteiger partial charge in [0.25, 0.3) is 0 Å². The van der Waals surface area contributed by atoms with E-state index in [0.717, 1.165) is 36.3 Å². The number of nitrogens with one attached hydrogen (secondary N) is 2. The Labute approximate surface area is 173 Å². The van der Waals surface area contributed by atoms with E-state index in [1.54, 1.807) is 12.1 Å². The topological polar surface area (TPSA) is 67.0 Å². The number of H-pyrrole nitrogens is 1. The number of aromatic amines is 1. The van der Waals surface area contributed by atoms with E-state index in [0.29, 0.717) is 17.4 Å². The second kappa shape index (κ2) is 9.24. The Morgan fingerprint density at radius 3 is 2.69 bits per heavy atom. The number of carbonyl (C=O) groups excluding carboxylic acids is 1. The Morgan fingerprint density at radius 2 is 1.97 bits per heavy atom. The molecule has 0 radical (unpaired) electrons. The van der Waals surface area contributed by atoms with Gasteiger partial charge in [-0.15, -0.1) is 0 Å². The molecule has 5 nitrogen and oxygen atoms in total. The first-order valence-electron chi connectivity index (χ1n) is 9.61. The van der Waals surface area contributed by atoms with Crippen molar-refractivity contribution >= 4 is 17.7 Å². The van der Waals surface area contributed by atoms with Crippen LogP contribution in [0.3, 0.4) is 0 Å². The van der Waals surface area contributed by atoms with Crippen molar-refractivity contribution in [2.24, 2.45) is 0 Å². The predicted octanol–water partition coefficient (Wildman–Crippen LogP) is 4.27. The number of hydrogen-bond acceptors (Lipinski definition) is 4. The maximum Gasteiger partial charge on any atom is 0.230 e. The normalized spacial score (nSPS) is 16.1. The molecule has 29 heavy (non-hydrogen) atoms. The van der Waals surface area contributed by atoms with Crippen molar-refractivity contribution in [2.75, 3.05) is 18.9 Å². The van der Waals surface area contributed by atoms with Crippen molar-refractivity contribution in [3.63, 3.8) is 0 Å². The summed E-state index contributed by atoms with van der Waals surface area (Å²) in [6.45, 7) is 1.31. The monoisotopic (exact) mass is 411 g/mol. The van der Waals surface area contributed by atoms with Crippen LogP contribution in [0.25, 0.3) is 22.6 Å². The van der Waals surface area contributed by atoms with Gasteiger partial charge in [0.1, 0.15) is 16.7 Å². The molecule has 0 spiro atoms. The fourth-order valence-electron chi connectivity index (χ4n) is 3.22. The largest absolute Gasteiger partial charge is 0.376 e. The molecule has 2 heterocycles. The minimum absolute atomic E-state index is 0.0557. The third-order valence-electron chi connectivity index (χ3n) is 4.74. The van der Waals surface area contributed by atoms with Crippen molar-refractivity contribution in [3.05, 3.63) is 60.4 Å². The summed E-state index contributed by atoms with van der Waals surface area (Å²) in [5.41, 5.74) is 2.55. The summed E-state index contributed by atoms with van der Waals surface area (Å²) in [5, 5.41) is 3.64. The molecule has 1 aliphatic rings. The minimum atomic E-state index is -0.292. The van der Waals surface area contributed by atoms with E-state index in [4.69, 9.17) is 9.72 Å². The second-order valence-corrected chi connectivity index (χ2v) is 7.83. The van der Waals surface area contributed by atoms with Gasteiger partial charge in [0.2, 0.25) is 5.91 Å². The third-order valence-corrected chi connectivity index (χ3v) is 5.72. The van der Waals surface area contributed by atoms with Gasteiger partial charge in [0.05, 0.1) is 17.6 Å². The highest BCUT2D eigenvalue weighted by atomic mass is 32.2. The minimum Gasteiger partial charge on any atom is -0.376 e. The molecule has 0 bridgehead atoms. The van der Waals surface area contributed by atoms with E-state index in [-0.39, 0.29) is 23.6 Å². The fourth-order valence-corrected chi connectivity index (χ4v) is 4.06. The highest BCUT2D eigenvalue weighted by Crippen LogP contribution is 2.32. The lowest BCUT2D eigenvalue weighted by atomic mass is 10.2. The van der Waals surface area contributed by atoms with E-state index in [1.165, 1.54) is 23.9 Å². The molecule has 1 fully saturated rings. The van der Waals surface area contributed by atoms with Crippen LogP contribution >= 0.6 is 11.8 Å². The number of ether oxygens (including phenoxy) is 1. The number of benzene rings is 2. The van der Waals surface area contributed by atoms with Crippen LogP contribution in [-0.4, -0.2) is 40.9 Å². The van der Waals surface area contributed by atoms with Crippen LogP contribution in [-0.2, 0) is 9.53 Å². The molecule has 7 heteroatoms. The van der Waals surface area contributed by atoms with E-state index >= 15 is 0 Å². The molecule has 0 aliphatic carbocycles. The molecule has 4 rings (SSSR count). The molecule has 1 amide bonds.